The van der Waals surface area contributed by atoms with E-state index in [0.717, 1.165) is 10.7 Å². The number of nitrogens with zero attached hydrogens (tertiary/aromatic N) is 1. The third kappa shape index (κ3) is 3.59. The molecule has 1 N–H and O–H groups in total. The quantitative estimate of drug-likeness (QED) is 0.855. The first-order valence-corrected chi connectivity index (χ1v) is 9.22. The summed E-state index contributed by atoms with van der Waals surface area (Å²) in [7, 11) is -3.74. The molecule has 0 aromatic carbocycles. The zero-order chi connectivity index (χ0) is 16.7. The fourth-order valence-electron chi connectivity index (χ4n) is 3.92. The number of sulfonamides is 1. The Balaban J connectivity index is 2.17. The second-order valence-corrected chi connectivity index (χ2v) is 9.21. The maximum atomic E-state index is 13.0. The zero-order valence-electron chi connectivity index (χ0n) is 12.9. The average Bonchev–Trinajstić information content (AvgIpc) is 2.82. The highest BCUT2D eigenvalue weighted by atomic mass is 32.2. The van der Waals surface area contributed by atoms with Gasteiger partial charge in [-0.25, -0.2) is 12.7 Å². The lowest BCUT2D eigenvalue weighted by atomic mass is 9.83. The lowest BCUT2D eigenvalue weighted by molar-refractivity contribution is -0.182. The molecule has 1 aliphatic heterocycles. The summed E-state index contributed by atoms with van der Waals surface area (Å²) in [5, 5.41) is 8.56. The van der Waals surface area contributed by atoms with Crippen LogP contribution < -0.4 is 0 Å². The Bertz CT molecular complexity index is 484. The minimum absolute atomic E-state index is 0.234. The van der Waals surface area contributed by atoms with Crippen molar-refractivity contribution < 1.29 is 26.7 Å². The monoisotopic (exact) mass is 343 g/mol. The van der Waals surface area contributed by atoms with E-state index in [2.05, 4.69) is 0 Å². The maximum Gasteiger partial charge on any atom is 0.393 e. The zero-order valence-corrected chi connectivity index (χ0v) is 13.7. The molecule has 1 saturated carbocycles. The van der Waals surface area contributed by atoms with Crippen molar-refractivity contribution in [2.75, 3.05) is 19.7 Å². The van der Waals surface area contributed by atoms with Crippen LogP contribution in [0, 0.1) is 23.7 Å². The summed E-state index contributed by atoms with van der Waals surface area (Å²) in [6.45, 7) is 2.53. The molecule has 22 heavy (non-hydrogen) atoms. The van der Waals surface area contributed by atoms with Crippen LogP contribution >= 0.6 is 0 Å². The molecule has 8 heteroatoms. The summed E-state index contributed by atoms with van der Waals surface area (Å²) in [5.41, 5.74) is 0. The van der Waals surface area contributed by atoms with Crippen molar-refractivity contribution in [1.29, 1.82) is 0 Å². The van der Waals surface area contributed by atoms with Crippen LogP contribution in [0.3, 0.4) is 0 Å². The Morgan fingerprint density at radius 2 is 1.64 bits per heavy atom. The fourth-order valence-corrected chi connectivity index (χ4v) is 6.26. The van der Waals surface area contributed by atoms with Crippen molar-refractivity contribution in [1.82, 2.24) is 4.31 Å². The standard InChI is InChI=1S/C14H24F3NO3S/c1-9-3-10(2)5-12(4-9)22(20,21)18-6-11(8-19)13(7-18)14(15,16)17/h9-13,19H,3-8H2,1-2H3/t9?,10?,11-,12?,13+/m0/s1. The predicted octanol–water partition coefficient (Wildman–Crippen LogP) is 2.24. The predicted molar refractivity (Wildman–Crippen MR) is 76.6 cm³/mol. The number of aliphatic hydroxyl groups is 1. The van der Waals surface area contributed by atoms with Crippen LogP contribution in [0.5, 0.6) is 0 Å². The molecule has 0 aromatic rings. The molecule has 1 saturated heterocycles. The molecule has 2 aliphatic rings. The van der Waals surface area contributed by atoms with Crippen molar-refractivity contribution in [3.05, 3.63) is 0 Å². The van der Waals surface area contributed by atoms with Gasteiger partial charge in [0, 0.05) is 25.6 Å². The van der Waals surface area contributed by atoms with Crippen LogP contribution in [-0.4, -0.2) is 49.0 Å². The minimum atomic E-state index is -4.48. The first kappa shape index (κ1) is 18.0. The van der Waals surface area contributed by atoms with Gasteiger partial charge in [-0.05, 0) is 31.1 Å². The van der Waals surface area contributed by atoms with E-state index in [4.69, 9.17) is 5.11 Å². The number of alkyl halides is 3. The second kappa shape index (κ2) is 6.28. The van der Waals surface area contributed by atoms with Crippen molar-refractivity contribution in [3.63, 3.8) is 0 Å². The lowest BCUT2D eigenvalue weighted by Crippen LogP contribution is -2.41. The van der Waals surface area contributed by atoms with E-state index < -0.39 is 46.4 Å². The van der Waals surface area contributed by atoms with Crippen LogP contribution in [0.15, 0.2) is 0 Å². The number of hydrogen-bond donors (Lipinski definition) is 1. The highest BCUT2D eigenvalue weighted by molar-refractivity contribution is 7.89. The summed E-state index contributed by atoms with van der Waals surface area (Å²) < 4.78 is 65.3. The molecule has 2 fully saturated rings. The van der Waals surface area contributed by atoms with Gasteiger partial charge in [0.1, 0.15) is 0 Å². The van der Waals surface area contributed by atoms with Crippen LogP contribution in [0.1, 0.15) is 33.1 Å². The van der Waals surface area contributed by atoms with Gasteiger partial charge in [0.2, 0.25) is 10.0 Å². The molecular weight excluding hydrogens is 319 g/mol. The third-order valence-corrected chi connectivity index (χ3v) is 7.22. The molecule has 0 amide bonds. The van der Waals surface area contributed by atoms with Crippen LogP contribution in [0.4, 0.5) is 13.2 Å². The van der Waals surface area contributed by atoms with Gasteiger partial charge in [0.25, 0.3) is 0 Å². The Hall–Kier alpha value is -0.340. The van der Waals surface area contributed by atoms with E-state index in [9.17, 15) is 21.6 Å². The number of halogens is 3. The summed E-state index contributed by atoms with van der Waals surface area (Å²) in [4.78, 5) is 0. The van der Waals surface area contributed by atoms with Gasteiger partial charge in [-0.1, -0.05) is 13.8 Å². The molecule has 130 valence electrons. The molecule has 0 spiro atoms. The molecular formula is C14H24F3NO3S. The van der Waals surface area contributed by atoms with E-state index in [1.807, 2.05) is 13.8 Å². The van der Waals surface area contributed by atoms with Crippen LogP contribution in [-0.2, 0) is 10.0 Å². The molecule has 0 aromatic heterocycles. The minimum Gasteiger partial charge on any atom is -0.396 e. The SMILES string of the molecule is CC1CC(C)CC(S(=O)(=O)N2C[C@@H](CO)[C@H](C(F)(F)F)C2)C1. The Kier molecular flexibility index (Phi) is 5.14. The highest BCUT2D eigenvalue weighted by Gasteiger charge is 2.53. The van der Waals surface area contributed by atoms with E-state index >= 15 is 0 Å². The van der Waals surface area contributed by atoms with Crippen LogP contribution in [0.2, 0.25) is 0 Å². The third-order valence-electron chi connectivity index (χ3n) is 4.98. The number of rotatable bonds is 3. The van der Waals surface area contributed by atoms with Crippen molar-refractivity contribution in [3.8, 4) is 0 Å². The molecule has 2 unspecified atom stereocenters. The number of aliphatic hydroxyl groups excluding tert-OH is 1. The Morgan fingerprint density at radius 1 is 1.09 bits per heavy atom. The number of hydrogen-bond acceptors (Lipinski definition) is 3. The van der Waals surface area contributed by atoms with Crippen molar-refractivity contribution in [2.45, 2.75) is 44.5 Å². The fraction of sp³-hybridized carbons (Fsp3) is 1.00. The largest absolute Gasteiger partial charge is 0.396 e. The van der Waals surface area contributed by atoms with E-state index in [1.54, 1.807) is 0 Å². The molecule has 1 heterocycles. The lowest BCUT2D eigenvalue weighted by Gasteiger charge is -2.33. The Labute approximate surface area is 129 Å². The summed E-state index contributed by atoms with van der Waals surface area (Å²) in [6.07, 6.45) is -2.52. The van der Waals surface area contributed by atoms with Gasteiger partial charge < -0.3 is 5.11 Å². The van der Waals surface area contributed by atoms with Gasteiger partial charge in [0.05, 0.1) is 11.2 Å². The van der Waals surface area contributed by atoms with Gasteiger partial charge in [-0.2, -0.15) is 13.2 Å². The molecule has 4 nitrogen and oxygen atoms in total. The van der Waals surface area contributed by atoms with Crippen LogP contribution in [0.25, 0.3) is 0 Å². The van der Waals surface area contributed by atoms with Crippen molar-refractivity contribution >= 4 is 10.0 Å². The van der Waals surface area contributed by atoms with E-state index in [1.165, 1.54) is 0 Å². The smallest absolute Gasteiger partial charge is 0.393 e. The maximum absolute atomic E-state index is 13.0. The summed E-state index contributed by atoms with van der Waals surface area (Å²) in [5.74, 6) is -2.31. The van der Waals surface area contributed by atoms with Gasteiger partial charge in [-0.15, -0.1) is 0 Å². The Morgan fingerprint density at radius 3 is 2.05 bits per heavy atom. The van der Waals surface area contributed by atoms with Gasteiger partial charge >= 0.3 is 6.18 Å². The topological polar surface area (TPSA) is 57.6 Å². The normalized spacial score (nSPS) is 38.4. The molecule has 2 rings (SSSR count). The van der Waals surface area contributed by atoms with Gasteiger partial charge in [0.15, 0.2) is 0 Å². The van der Waals surface area contributed by atoms with Gasteiger partial charge in [-0.3, -0.25) is 0 Å². The molecule has 1 aliphatic carbocycles. The molecule has 4 atom stereocenters. The molecule has 0 bridgehead atoms. The van der Waals surface area contributed by atoms with Crippen molar-refractivity contribution in [2.24, 2.45) is 23.7 Å². The molecule has 0 radical (unpaired) electrons. The average molecular weight is 343 g/mol. The van der Waals surface area contributed by atoms with E-state index in [0.29, 0.717) is 12.8 Å². The van der Waals surface area contributed by atoms with E-state index in [-0.39, 0.29) is 18.4 Å². The first-order chi connectivity index (χ1) is 10.1. The summed E-state index contributed by atoms with van der Waals surface area (Å²) >= 11 is 0. The summed E-state index contributed by atoms with van der Waals surface area (Å²) in [6, 6.07) is 0. The highest BCUT2D eigenvalue weighted by Crippen LogP contribution is 2.41. The second-order valence-electron chi connectivity index (χ2n) is 6.99. The first-order valence-electron chi connectivity index (χ1n) is 7.72.